The summed E-state index contributed by atoms with van der Waals surface area (Å²) in [7, 11) is -3.02. The molecular formula is C10H18O4S. The first-order valence-electron chi connectivity index (χ1n) is 5.40. The number of hydrogen-bond acceptors (Lipinski definition) is 3. The summed E-state index contributed by atoms with van der Waals surface area (Å²) in [5.74, 6) is -0.854. The Morgan fingerprint density at radius 1 is 1.53 bits per heavy atom. The summed E-state index contributed by atoms with van der Waals surface area (Å²) >= 11 is 0. The topological polar surface area (TPSA) is 71.4 Å². The Balaban J connectivity index is 2.75. The van der Waals surface area contributed by atoms with Gasteiger partial charge < -0.3 is 5.11 Å². The second-order valence-corrected chi connectivity index (χ2v) is 6.53. The maximum atomic E-state index is 11.7. The van der Waals surface area contributed by atoms with Crippen molar-refractivity contribution < 1.29 is 18.3 Å². The van der Waals surface area contributed by atoms with Crippen molar-refractivity contribution in [2.75, 3.05) is 5.75 Å². The molecule has 1 aliphatic heterocycles. The predicted octanol–water partition coefficient (Wildman–Crippen LogP) is 1.45. The van der Waals surface area contributed by atoms with E-state index in [2.05, 4.69) is 0 Å². The van der Waals surface area contributed by atoms with Crippen LogP contribution in [0.3, 0.4) is 0 Å². The van der Waals surface area contributed by atoms with Crippen LogP contribution >= 0.6 is 0 Å². The lowest BCUT2D eigenvalue weighted by Gasteiger charge is -2.20. The SMILES string of the molecule is CCCC(CC(=O)O)C1CCCS1(=O)=O. The minimum absolute atomic E-state index is 0.0161. The molecule has 2 atom stereocenters. The van der Waals surface area contributed by atoms with Gasteiger partial charge in [-0.1, -0.05) is 13.3 Å². The average Bonchev–Trinajstić information content (AvgIpc) is 2.43. The third kappa shape index (κ3) is 3.19. The number of carbonyl (C=O) groups is 1. The molecule has 2 unspecified atom stereocenters. The van der Waals surface area contributed by atoms with Gasteiger partial charge in [0.2, 0.25) is 0 Å². The normalized spacial score (nSPS) is 26.3. The third-order valence-electron chi connectivity index (χ3n) is 3.00. The van der Waals surface area contributed by atoms with Crippen LogP contribution in [0.1, 0.15) is 39.0 Å². The van der Waals surface area contributed by atoms with Gasteiger partial charge >= 0.3 is 5.97 Å². The van der Waals surface area contributed by atoms with Gasteiger partial charge in [-0.2, -0.15) is 0 Å². The van der Waals surface area contributed by atoms with E-state index in [0.717, 1.165) is 6.42 Å². The molecule has 0 saturated carbocycles. The Morgan fingerprint density at radius 3 is 2.60 bits per heavy atom. The van der Waals surface area contributed by atoms with Crippen LogP contribution < -0.4 is 0 Å². The van der Waals surface area contributed by atoms with Crippen molar-refractivity contribution in [1.29, 1.82) is 0 Å². The van der Waals surface area contributed by atoms with Crippen LogP contribution in [0.25, 0.3) is 0 Å². The summed E-state index contributed by atoms with van der Waals surface area (Å²) in [6.07, 6.45) is 2.84. The van der Waals surface area contributed by atoms with E-state index in [1.165, 1.54) is 0 Å². The van der Waals surface area contributed by atoms with Crippen molar-refractivity contribution in [3.8, 4) is 0 Å². The number of carboxylic acid groups (broad SMARTS) is 1. The lowest BCUT2D eigenvalue weighted by Crippen LogP contribution is -2.28. The Kier molecular flexibility index (Phi) is 4.13. The van der Waals surface area contributed by atoms with Crippen LogP contribution in [0.2, 0.25) is 0 Å². The molecule has 88 valence electrons. The summed E-state index contributed by atoms with van der Waals surface area (Å²) in [4.78, 5) is 10.7. The van der Waals surface area contributed by atoms with E-state index in [4.69, 9.17) is 5.11 Å². The summed E-state index contributed by atoms with van der Waals surface area (Å²) in [5.41, 5.74) is 0. The van der Waals surface area contributed by atoms with Gasteiger partial charge in [0.1, 0.15) is 0 Å². The predicted molar refractivity (Wildman–Crippen MR) is 57.5 cm³/mol. The van der Waals surface area contributed by atoms with Crippen LogP contribution in [0.5, 0.6) is 0 Å². The molecule has 1 rings (SSSR count). The van der Waals surface area contributed by atoms with E-state index in [1.807, 2.05) is 6.92 Å². The minimum atomic E-state index is -3.02. The Morgan fingerprint density at radius 2 is 2.20 bits per heavy atom. The van der Waals surface area contributed by atoms with E-state index in [0.29, 0.717) is 19.3 Å². The van der Waals surface area contributed by atoms with Crippen molar-refractivity contribution in [2.24, 2.45) is 5.92 Å². The van der Waals surface area contributed by atoms with Gasteiger partial charge in [-0.25, -0.2) is 8.42 Å². The molecule has 0 aromatic heterocycles. The zero-order chi connectivity index (χ0) is 11.5. The molecule has 1 fully saturated rings. The van der Waals surface area contributed by atoms with Crippen LogP contribution in [0.15, 0.2) is 0 Å². The number of rotatable bonds is 5. The quantitative estimate of drug-likeness (QED) is 0.781. The molecule has 0 aliphatic carbocycles. The summed E-state index contributed by atoms with van der Waals surface area (Å²) in [6.45, 7) is 1.95. The molecule has 1 aliphatic rings. The number of hydrogen-bond donors (Lipinski definition) is 1. The average molecular weight is 234 g/mol. The largest absolute Gasteiger partial charge is 0.481 e. The van der Waals surface area contributed by atoms with Gasteiger partial charge in [-0.3, -0.25) is 4.79 Å². The fraction of sp³-hybridized carbons (Fsp3) is 0.900. The smallest absolute Gasteiger partial charge is 0.303 e. The molecule has 0 amide bonds. The second-order valence-electron chi connectivity index (χ2n) is 4.19. The summed E-state index contributed by atoms with van der Waals surface area (Å²) in [6, 6.07) is 0. The standard InChI is InChI=1S/C10H18O4S/c1-2-4-8(7-10(11)12)9-5-3-6-15(9,13)14/h8-9H,2-7H2,1H3,(H,11,12). The maximum Gasteiger partial charge on any atom is 0.303 e. The Labute approximate surface area is 90.6 Å². The molecule has 5 heteroatoms. The highest BCUT2D eigenvalue weighted by molar-refractivity contribution is 7.92. The molecule has 0 aromatic carbocycles. The van der Waals surface area contributed by atoms with Crippen molar-refractivity contribution in [2.45, 2.75) is 44.3 Å². The van der Waals surface area contributed by atoms with Crippen molar-refractivity contribution >= 4 is 15.8 Å². The first kappa shape index (κ1) is 12.5. The van der Waals surface area contributed by atoms with E-state index in [-0.39, 0.29) is 18.1 Å². The fourth-order valence-corrected chi connectivity index (χ4v) is 4.58. The van der Waals surface area contributed by atoms with Crippen molar-refractivity contribution in [3.05, 3.63) is 0 Å². The van der Waals surface area contributed by atoms with Gasteiger partial charge in [0.05, 0.1) is 11.0 Å². The van der Waals surface area contributed by atoms with Gasteiger partial charge in [0.25, 0.3) is 0 Å². The van der Waals surface area contributed by atoms with Crippen molar-refractivity contribution in [1.82, 2.24) is 0 Å². The molecule has 0 aromatic rings. The molecule has 0 bridgehead atoms. The highest BCUT2D eigenvalue weighted by Gasteiger charge is 2.37. The Bertz CT molecular complexity index is 320. The van der Waals surface area contributed by atoms with E-state index < -0.39 is 21.1 Å². The molecule has 1 N–H and O–H groups in total. The minimum Gasteiger partial charge on any atom is -0.481 e. The van der Waals surface area contributed by atoms with E-state index in [9.17, 15) is 13.2 Å². The van der Waals surface area contributed by atoms with Gasteiger partial charge in [0, 0.05) is 6.42 Å². The van der Waals surface area contributed by atoms with Gasteiger partial charge in [0.15, 0.2) is 9.84 Å². The monoisotopic (exact) mass is 234 g/mol. The van der Waals surface area contributed by atoms with Crippen LogP contribution in [-0.2, 0) is 14.6 Å². The van der Waals surface area contributed by atoms with Crippen molar-refractivity contribution in [3.63, 3.8) is 0 Å². The van der Waals surface area contributed by atoms with Crippen LogP contribution in [0.4, 0.5) is 0 Å². The van der Waals surface area contributed by atoms with E-state index in [1.54, 1.807) is 0 Å². The molecule has 1 heterocycles. The summed E-state index contributed by atoms with van der Waals surface area (Å²) in [5, 5.41) is 8.34. The van der Waals surface area contributed by atoms with Gasteiger partial charge in [-0.05, 0) is 25.2 Å². The molecule has 4 nitrogen and oxygen atoms in total. The lowest BCUT2D eigenvalue weighted by molar-refractivity contribution is -0.138. The zero-order valence-electron chi connectivity index (χ0n) is 8.98. The number of aliphatic carboxylic acids is 1. The van der Waals surface area contributed by atoms with Crippen LogP contribution in [-0.4, -0.2) is 30.5 Å². The molecule has 0 spiro atoms. The zero-order valence-corrected chi connectivity index (χ0v) is 9.79. The third-order valence-corrected chi connectivity index (χ3v) is 5.40. The maximum absolute atomic E-state index is 11.7. The first-order chi connectivity index (χ1) is 6.97. The molecule has 0 radical (unpaired) electrons. The molecule has 1 saturated heterocycles. The number of sulfone groups is 1. The highest BCUT2D eigenvalue weighted by atomic mass is 32.2. The lowest BCUT2D eigenvalue weighted by atomic mass is 9.93. The van der Waals surface area contributed by atoms with Gasteiger partial charge in [-0.15, -0.1) is 0 Å². The number of carboxylic acids is 1. The highest BCUT2D eigenvalue weighted by Crippen LogP contribution is 2.31. The molecule has 15 heavy (non-hydrogen) atoms. The van der Waals surface area contributed by atoms with E-state index >= 15 is 0 Å². The molecular weight excluding hydrogens is 216 g/mol. The first-order valence-corrected chi connectivity index (χ1v) is 7.12. The van der Waals surface area contributed by atoms with Crippen LogP contribution in [0, 0.1) is 5.92 Å². The Hall–Kier alpha value is -0.580. The fourth-order valence-electron chi connectivity index (χ4n) is 2.36. The second kappa shape index (κ2) is 4.96. The summed E-state index contributed by atoms with van der Waals surface area (Å²) < 4.78 is 23.3.